The molecule has 1 heteroatoms. The Morgan fingerprint density at radius 2 is 2.15 bits per heavy atom. The molecule has 2 atom stereocenters. The average Bonchev–Trinajstić information content (AvgIpc) is 2.53. The Bertz CT molecular complexity index is 168. The first kappa shape index (κ1) is 9.51. The molecule has 1 aliphatic heterocycles. The van der Waals surface area contributed by atoms with Crippen molar-refractivity contribution in [1.82, 2.24) is 0 Å². The lowest BCUT2D eigenvalue weighted by atomic mass is 9.66. The van der Waals surface area contributed by atoms with Gasteiger partial charge >= 0.3 is 0 Å². The van der Waals surface area contributed by atoms with Crippen LogP contribution in [-0.2, 0) is 4.74 Å². The lowest BCUT2D eigenvalue weighted by Gasteiger charge is -2.38. The van der Waals surface area contributed by atoms with E-state index in [0.29, 0.717) is 5.41 Å². The molecule has 1 spiro atoms. The van der Waals surface area contributed by atoms with E-state index in [4.69, 9.17) is 4.74 Å². The minimum atomic E-state index is 0.604. The lowest BCUT2D eigenvalue weighted by molar-refractivity contribution is 0.0837. The predicted molar refractivity (Wildman–Crippen MR) is 54.7 cm³/mol. The first-order valence-corrected chi connectivity index (χ1v) is 5.80. The molecule has 1 heterocycles. The summed E-state index contributed by atoms with van der Waals surface area (Å²) in [4.78, 5) is 0. The van der Waals surface area contributed by atoms with Crippen LogP contribution in [0, 0.1) is 17.3 Å². The van der Waals surface area contributed by atoms with Crippen molar-refractivity contribution in [3.05, 3.63) is 0 Å². The van der Waals surface area contributed by atoms with Crippen LogP contribution >= 0.6 is 0 Å². The van der Waals surface area contributed by atoms with Crippen molar-refractivity contribution in [1.29, 1.82) is 0 Å². The SMILES string of the molecule is CC(C)C1CCCC2(CCOC2)C1. The molecule has 1 aliphatic carbocycles. The summed E-state index contributed by atoms with van der Waals surface area (Å²) in [6.45, 7) is 6.82. The van der Waals surface area contributed by atoms with Gasteiger partial charge < -0.3 is 4.74 Å². The molecule has 1 saturated carbocycles. The minimum absolute atomic E-state index is 0.604. The van der Waals surface area contributed by atoms with Crippen molar-refractivity contribution < 1.29 is 4.74 Å². The Labute approximate surface area is 81.9 Å². The van der Waals surface area contributed by atoms with Gasteiger partial charge in [0.1, 0.15) is 0 Å². The molecular weight excluding hydrogens is 160 g/mol. The summed E-state index contributed by atoms with van der Waals surface area (Å²) < 4.78 is 5.57. The molecule has 2 rings (SSSR count). The summed E-state index contributed by atoms with van der Waals surface area (Å²) in [5, 5.41) is 0. The molecule has 76 valence electrons. The van der Waals surface area contributed by atoms with Crippen LogP contribution in [0.25, 0.3) is 0 Å². The average molecular weight is 182 g/mol. The molecule has 0 N–H and O–H groups in total. The fraction of sp³-hybridized carbons (Fsp3) is 1.00. The van der Waals surface area contributed by atoms with Crippen molar-refractivity contribution in [3.8, 4) is 0 Å². The van der Waals surface area contributed by atoms with E-state index in [1.165, 1.54) is 32.1 Å². The second-order valence-corrected chi connectivity index (χ2v) is 5.40. The Hall–Kier alpha value is -0.0400. The van der Waals surface area contributed by atoms with Gasteiger partial charge in [-0.1, -0.05) is 26.7 Å². The molecule has 1 nitrogen and oxygen atoms in total. The van der Waals surface area contributed by atoms with Crippen LogP contribution in [0.1, 0.15) is 46.0 Å². The van der Waals surface area contributed by atoms with Gasteiger partial charge in [-0.05, 0) is 36.5 Å². The fourth-order valence-electron chi connectivity index (χ4n) is 3.08. The highest BCUT2D eigenvalue weighted by atomic mass is 16.5. The summed E-state index contributed by atoms with van der Waals surface area (Å²) in [5.41, 5.74) is 0.604. The molecule has 0 bridgehead atoms. The molecule has 2 fully saturated rings. The topological polar surface area (TPSA) is 9.23 Å². The van der Waals surface area contributed by atoms with E-state index in [1.807, 2.05) is 0 Å². The van der Waals surface area contributed by atoms with Crippen LogP contribution in [-0.4, -0.2) is 13.2 Å². The van der Waals surface area contributed by atoms with Gasteiger partial charge in [-0.2, -0.15) is 0 Å². The maximum Gasteiger partial charge on any atom is 0.0523 e. The molecule has 0 radical (unpaired) electrons. The van der Waals surface area contributed by atoms with Crippen molar-refractivity contribution in [3.63, 3.8) is 0 Å². The Balaban J connectivity index is 1.98. The maximum atomic E-state index is 5.57. The van der Waals surface area contributed by atoms with Gasteiger partial charge in [0.2, 0.25) is 0 Å². The summed E-state index contributed by atoms with van der Waals surface area (Å²) in [6, 6.07) is 0. The van der Waals surface area contributed by atoms with Crippen LogP contribution in [0.2, 0.25) is 0 Å². The standard InChI is InChI=1S/C12H22O/c1-10(2)11-4-3-5-12(8-11)6-7-13-9-12/h10-11H,3-9H2,1-2H3. The Morgan fingerprint density at radius 1 is 1.31 bits per heavy atom. The van der Waals surface area contributed by atoms with Crippen LogP contribution in [0.3, 0.4) is 0 Å². The van der Waals surface area contributed by atoms with E-state index in [-0.39, 0.29) is 0 Å². The van der Waals surface area contributed by atoms with Crippen LogP contribution in [0.15, 0.2) is 0 Å². The Morgan fingerprint density at radius 3 is 2.77 bits per heavy atom. The summed E-state index contributed by atoms with van der Waals surface area (Å²) in [6.07, 6.45) is 7.09. The quantitative estimate of drug-likeness (QED) is 0.605. The number of hydrogen-bond acceptors (Lipinski definition) is 1. The number of rotatable bonds is 1. The van der Waals surface area contributed by atoms with Crippen molar-refractivity contribution in [2.75, 3.05) is 13.2 Å². The largest absolute Gasteiger partial charge is 0.381 e. The van der Waals surface area contributed by atoms with Gasteiger partial charge in [0, 0.05) is 6.61 Å². The molecule has 2 aliphatic rings. The molecule has 13 heavy (non-hydrogen) atoms. The normalized spacial score (nSPS) is 40.4. The van der Waals surface area contributed by atoms with Crippen LogP contribution < -0.4 is 0 Å². The van der Waals surface area contributed by atoms with Gasteiger partial charge in [-0.3, -0.25) is 0 Å². The van der Waals surface area contributed by atoms with Crippen molar-refractivity contribution >= 4 is 0 Å². The van der Waals surface area contributed by atoms with E-state index in [1.54, 1.807) is 0 Å². The summed E-state index contributed by atoms with van der Waals surface area (Å²) >= 11 is 0. The second kappa shape index (κ2) is 3.61. The van der Waals surface area contributed by atoms with E-state index in [9.17, 15) is 0 Å². The molecule has 0 aromatic rings. The minimum Gasteiger partial charge on any atom is -0.381 e. The molecular formula is C12H22O. The van der Waals surface area contributed by atoms with Gasteiger partial charge in [0.05, 0.1) is 6.61 Å². The van der Waals surface area contributed by atoms with E-state index in [2.05, 4.69) is 13.8 Å². The third-order valence-electron chi connectivity index (χ3n) is 4.11. The predicted octanol–water partition coefficient (Wildman–Crippen LogP) is 3.24. The number of hydrogen-bond donors (Lipinski definition) is 0. The van der Waals surface area contributed by atoms with Crippen LogP contribution in [0.4, 0.5) is 0 Å². The third-order valence-corrected chi connectivity index (χ3v) is 4.11. The first-order valence-electron chi connectivity index (χ1n) is 5.80. The molecule has 0 amide bonds. The zero-order valence-electron chi connectivity index (χ0n) is 9.01. The molecule has 2 unspecified atom stereocenters. The lowest BCUT2D eigenvalue weighted by Crippen LogP contribution is -2.31. The number of ether oxygens (including phenoxy) is 1. The smallest absolute Gasteiger partial charge is 0.0523 e. The summed E-state index contributed by atoms with van der Waals surface area (Å²) in [7, 11) is 0. The highest BCUT2D eigenvalue weighted by Gasteiger charge is 2.39. The van der Waals surface area contributed by atoms with Gasteiger partial charge in [-0.25, -0.2) is 0 Å². The van der Waals surface area contributed by atoms with Crippen molar-refractivity contribution in [2.45, 2.75) is 46.0 Å². The third kappa shape index (κ3) is 1.90. The first-order chi connectivity index (χ1) is 6.22. The molecule has 1 saturated heterocycles. The zero-order chi connectivity index (χ0) is 9.31. The summed E-state index contributed by atoms with van der Waals surface area (Å²) in [5.74, 6) is 1.84. The highest BCUT2D eigenvalue weighted by molar-refractivity contribution is 4.89. The van der Waals surface area contributed by atoms with E-state index < -0.39 is 0 Å². The fourth-order valence-corrected chi connectivity index (χ4v) is 3.08. The van der Waals surface area contributed by atoms with Gasteiger partial charge in [-0.15, -0.1) is 0 Å². The van der Waals surface area contributed by atoms with Gasteiger partial charge in [0.15, 0.2) is 0 Å². The van der Waals surface area contributed by atoms with Crippen molar-refractivity contribution in [2.24, 2.45) is 17.3 Å². The maximum absolute atomic E-state index is 5.57. The Kier molecular flexibility index (Phi) is 2.64. The van der Waals surface area contributed by atoms with Crippen LogP contribution in [0.5, 0.6) is 0 Å². The van der Waals surface area contributed by atoms with E-state index >= 15 is 0 Å². The van der Waals surface area contributed by atoms with Gasteiger partial charge in [0.25, 0.3) is 0 Å². The second-order valence-electron chi connectivity index (χ2n) is 5.40. The molecule has 0 aromatic carbocycles. The zero-order valence-corrected chi connectivity index (χ0v) is 9.01. The monoisotopic (exact) mass is 182 g/mol. The highest BCUT2D eigenvalue weighted by Crippen LogP contribution is 2.46. The van der Waals surface area contributed by atoms with E-state index in [0.717, 1.165) is 25.0 Å². The molecule has 0 aromatic heterocycles.